The average Bonchev–Trinajstić information content (AvgIpc) is 3.04. The summed E-state index contributed by atoms with van der Waals surface area (Å²) in [7, 11) is 0. The minimum absolute atomic E-state index is 0.418. The number of imidazole rings is 1. The van der Waals surface area contributed by atoms with Crippen LogP contribution in [0.15, 0.2) is 29.9 Å². The second kappa shape index (κ2) is 5.31. The van der Waals surface area contributed by atoms with Gasteiger partial charge in [-0.25, -0.2) is 4.98 Å². The molecule has 0 amide bonds. The number of thiophene rings is 1. The van der Waals surface area contributed by atoms with Gasteiger partial charge in [-0.05, 0) is 29.5 Å². The summed E-state index contributed by atoms with van der Waals surface area (Å²) in [5.74, 6) is 1.32. The molecule has 3 nitrogen and oxygen atoms in total. The second-order valence-corrected chi connectivity index (χ2v) is 5.60. The first kappa shape index (κ1) is 12.6. The second-order valence-electron chi connectivity index (χ2n) is 4.33. The Morgan fingerprint density at radius 3 is 3.05 bits per heavy atom. The van der Waals surface area contributed by atoms with Gasteiger partial charge in [0.1, 0.15) is 11.3 Å². The Labute approximate surface area is 120 Å². The molecule has 5 heteroatoms. The van der Waals surface area contributed by atoms with Gasteiger partial charge in [0, 0.05) is 11.1 Å². The SMILES string of the molecule is CCc1ccsc1Cn1c(CCl)nc2cnccc21. The maximum absolute atomic E-state index is 6.02. The normalized spacial score (nSPS) is 11.3. The Morgan fingerprint density at radius 2 is 2.26 bits per heavy atom. The summed E-state index contributed by atoms with van der Waals surface area (Å²) in [6.45, 7) is 3.02. The van der Waals surface area contributed by atoms with Gasteiger partial charge >= 0.3 is 0 Å². The molecule has 3 rings (SSSR count). The fourth-order valence-corrected chi connectivity index (χ4v) is 3.44. The summed E-state index contributed by atoms with van der Waals surface area (Å²) in [5, 5.41) is 2.15. The Balaban J connectivity index is 2.09. The highest BCUT2D eigenvalue weighted by Crippen LogP contribution is 2.23. The van der Waals surface area contributed by atoms with Gasteiger partial charge in [-0.2, -0.15) is 0 Å². The van der Waals surface area contributed by atoms with Crippen molar-refractivity contribution in [2.75, 3.05) is 0 Å². The molecule has 0 N–H and O–H groups in total. The van der Waals surface area contributed by atoms with Crippen molar-refractivity contribution in [1.82, 2.24) is 14.5 Å². The van der Waals surface area contributed by atoms with Crippen LogP contribution in [0.3, 0.4) is 0 Å². The van der Waals surface area contributed by atoms with Crippen molar-refractivity contribution in [2.24, 2.45) is 0 Å². The highest BCUT2D eigenvalue weighted by molar-refractivity contribution is 7.10. The van der Waals surface area contributed by atoms with E-state index in [0.29, 0.717) is 5.88 Å². The van der Waals surface area contributed by atoms with Crippen LogP contribution in [-0.2, 0) is 18.8 Å². The zero-order chi connectivity index (χ0) is 13.2. The van der Waals surface area contributed by atoms with Gasteiger partial charge in [-0.1, -0.05) is 6.92 Å². The van der Waals surface area contributed by atoms with Crippen molar-refractivity contribution in [3.8, 4) is 0 Å². The third-order valence-electron chi connectivity index (χ3n) is 3.27. The standard InChI is InChI=1S/C14H14ClN3S/c1-2-10-4-6-19-13(10)9-18-12-3-5-16-8-11(12)17-14(18)7-15/h3-6,8H,2,7,9H2,1H3. The molecule has 0 fully saturated rings. The van der Waals surface area contributed by atoms with E-state index in [2.05, 4.69) is 32.9 Å². The number of fused-ring (bicyclic) bond motifs is 1. The van der Waals surface area contributed by atoms with Crippen molar-refractivity contribution in [3.63, 3.8) is 0 Å². The van der Waals surface area contributed by atoms with Crippen LogP contribution < -0.4 is 0 Å². The van der Waals surface area contributed by atoms with Crippen molar-refractivity contribution in [1.29, 1.82) is 0 Å². The van der Waals surface area contributed by atoms with Gasteiger partial charge < -0.3 is 4.57 Å². The lowest BCUT2D eigenvalue weighted by Gasteiger charge is -2.07. The molecule has 0 bridgehead atoms. The number of hydrogen-bond donors (Lipinski definition) is 0. The summed E-state index contributed by atoms with van der Waals surface area (Å²) in [4.78, 5) is 10.0. The molecule has 0 aromatic carbocycles. The summed E-state index contributed by atoms with van der Waals surface area (Å²) < 4.78 is 2.19. The van der Waals surface area contributed by atoms with Crippen molar-refractivity contribution < 1.29 is 0 Å². The van der Waals surface area contributed by atoms with Gasteiger partial charge in [0.25, 0.3) is 0 Å². The Bertz CT molecular complexity index is 702. The first-order chi connectivity index (χ1) is 9.33. The van der Waals surface area contributed by atoms with Crippen LogP contribution in [0, 0.1) is 0 Å². The number of aromatic nitrogens is 3. The van der Waals surface area contributed by atoms with E-state index in [-0.39, 0.29) is 0 Å². The highest BCUT2D eigenvalue weighted by Gasteiger charge is 2.12. The third kappa shape index (κ3) is 2.26. The van der Waals surface area contributed by atoms with Crippen molar-refractivity contribution in [2.45, 2.75) is 25.8 Å². The maximum atomic E-state index is 6.02. The molecule has 0 radical (unpaired) electrons. The number of rotatable bonds is 4. The zero-order valence-corrected chi connectivity index (χ0v) is 12.2. The number of alkyl halides is 1. The fraction of sp³-hybridized carbons (Fsp3) is 0.286. The number of nitrogens with zero attached hydrogens (tertiary/aromatic N) is 3. The molecule has 0 spiro atoms. The largest absolute Gasteiger partial charge is 0.322 e. The highest BCUT2D eigenvalue weighted by atomic mass is 35.5. The zero-order valence-electron chi connectivity index (χ0n) is 10.6. The molecule has 0 saturated heterocycles. The summed E-state index contributed by atoms with van der Waals surface area (Å²) >= 11 is 7.81. The van der Waals surface area contributed by atoms with Gasteiger partial charge in [-0.3, -0.25) is 4.98 Å². The van der Waals surface area contributed by atoms with Crippen molar-refractivity contribution in [3.05, 3.63) is 46.2 Å². The fourth-order valence-electron chi connectivity index (χ4n) is 2.27. The van der Waals surface area contributed by atoms with E-state index in [1.807, 2.05) is 6.07 Å². The van der Waals surface area contributed by atoms with E-state index in [9.17, 15) is 0 Å². The van der Waals surface area contributed by atoms with Crippen LogP contribution >= 0.6 is 22.9 Å². The Morgan fingerprint density at radius 1 is 1.37 bits per heavy atom. The third-order valence-corrected chi connectivity index (χ3v) is 4.46. The lowest BCUT2D eigenvalue weighted by atomic mass is 10.2. The van der Waals surface area contributed by atoms with E-state index >= 15 is 0 Å². The van der Waals surface area contributed by atoms with Crippen molar-refractivity contribution >= 4 is 34.0 Å². The Kier molecular flexibility index (Phi) is 3.53. The minimum atomic E-state index is 0.418. The quantitative estimate of drug-likeness (QED) is 0.684. The molecule has 0 saturated carbocycles. The first-order valence-electron chi connectivity index (χ1n) is 6.23. The van der Waals surface area contributed by atoms with E-state index in [1.54, 1.807) is 23.7 Å². The smallest absolute Gasteiger partial charge is 0.125 e. The number of halogens is 1. The number of aryl methyl sites for hydroxylation is 1. The molecule has 0 atom stereocenters. The van der Waals surface area contributed by atoms with Crippen LogP contribution in [0.2, 0.25) is 0 Å². The minimum Gasteiger partial charge on any atom is -0.322 e. The molecule has 3 aromatic rings. The predicted molar refractivity (Wildman–Crippen MR) is 79.9 cm³/mol. The number of hydrogen-bond acceptors (Lipinski definition) is 3. The van der Waals surface area contributed by atoms with Crippen LogP contribution in [0.5, 0.6) is 0 Å². The summed E-state index contributed by atoms with van der Waals surface area (Å²) in [6, 6.07) is 4.19. The summed E-state index contributed by atoms with van der Waals surface area (Å²) in [6.07, 6.45) is 4.65. The van der Waals surface area contributed by atoms with Gasteiger partial charge in [0.05, 0.1) is 24.1 Å². The van der Waals surface area contributed by atoms with Gasteiger partial charge in [-0.15, -0.1) is 22.9 Å². The van der Waals surface area contributed by atoms with Crippen LogP contribution in [0.25, 0.3) is 11.0 Å². The lowest BCUT2D eigenvalue weighted by molar-refractivity contribution is 0.782. The van der Waals surface area contributed by atoms with Crippen LogP contribution in [-0.4, -0.2) is 14.5 Å². The van der Waals surface area contributed by atoms with E-state index in [0.717, 1.165) is 29.8 Å². The average molecular weight is 292 g/mol. The Hall–Kier alpha value is -1.39. The maximum Gasteiger partial charge on any atom is 0.125 e. The monoisotopic (exact) mass is 291 g/mol. The molecular weight excluding hydrogens is 278 g/mol. The molecule has 0 unspecified atom stereocenters. The van der Waals surface area contributed by atoms with E-state index < -0.39 is 0 Å². The topological polar surface area (TPSA) is 30.7 Å². The van der Waals surface area contributed by atoms with Gasteiger partial charge in [0.2, 0.25) is 0 Å². The molecule has 0 aliphatic carbocycles. The van der Waals surface area contributed by atoms with Crippen LogP contribution in [0.1, 0.15) is 23.2 Å². The number of pyridine rings is 1. The first-order valence-corrected chi connectivity index (χ1v) is 7.65. The van der Waals surface area contributed by atoms with E-state index in [4.69, 9.17) is 11.6 Å². The predicted octanol–water partition coefficient (Wildman–Crippen LogP) is 3.84. The molecule has 0 aliphatic rings. The van der Waals surface area contributed by atoms with Crippen LogP contribution in [0.4, 0.5) is 0 Å². The summed E-state index contributed by atoms with van der Waals surface area (Å²) in [5.41, 5.74) is 3.41. The molecule has 19 heavy (non-hydrogen) atoms. The molecule has 3 heterocycles. The van der Waals surface area contributed by atoms with Gasteiger partial charge in [0.15, 0.2) is 0 Å². The van der Waals surface area contributed by atoms with E-state index in [1.165, 1.54) is 10.4 Å². The molecule has 0 aliphatic heterocycles. The molecular formula is C14H14ClN3S. The lowest BCUT2D eigenvalue weighted by Crippen LogP contribution is -2.04. The molecule has 98 valence electrons. The molecule has 3 aromatic heterocycles.